The molecule has 0 unspecified atom stereocenters. The number of fused-ring (bicyclic) bond motifs is 1. The lowest BCUT2D eigenvalue weighted by Gasteiger charge is -2.26. The highest BCUT2D eigenvalue weighted by molar-refractivity contribution is 9.10. The number of pyridine rings is 1. The highest BCUT2D eigenvalue weighted by Gasteiger charge is 2.26. The molecule has 2 heterocycles. The Balaban J connectivity index is 2.12. The summed E-state index contributed by atoms with van der Waals surface area (Å²) >= 11 is 3.41. The van der Waals surface area contributed by atoms with Gasteiger partial charge in [0.05, 0.1) is 0 Å². The fourth-order valence-corrected chi connectivity index (χ4v) is 2.47. The number of benzene rings is 1. The Labute approximate surface area is 117 Å². The van der Waals surface area contributed by atoms with Gasteiger partial charge in [0.25, 0.3) is 0 Å². The maximum absolute atomic E-state index is 11.9. The highest BCUT2D eigenvalue weighted by atomic mass is 79.9. The van der Waals surface area contributed by atoms with Crippen LogP contribution in [0.2, 0.25) is 0 Å². The van der Waals surface area contributed by atoms with Crippen LogP contribution < -0.4 is 10.2 Å². The Bertz CT molecular complexity index is 687. The zero-order valence-corrected chi connectivity index (χ0v) is 11.5. The van der Waals surface area contributed by atoms with E-state index >= 15 is 0 Å². The van der Waals surface area contributed by atoms with E-state index in [2.05, 4.69) is 26.2 Å². The van der Waals surface area contributed by atoms with Gasteiger partial charge in [-0.3, -0.25) is 15.0 Å². The molecule has 1 aromatic carbocycles. The molecule has 19 heavy (non-hydrogen) atoms. The summed E-state index contributed by atoms with van der Waals surface area (Å²) in [4.78, 5) is 28.8. The smallest absolute Gasteiger partial charge is 0.278 e. The number of aromatic nitrogens is 1. The molecule has 0 spiro atoms. The second kappa shape index (κ2) is 4.62. The van der Waals surface area contributed by atoms with Crippen molar-refractivity contribution < 1.29 is 9.59 Å². The van der Waals surface area contributed by atoms with E-state index in [1.807, 2.05) is 24.3 Å². The van der Waals surface area contributed by atoms with Crippen LogP contribution in [0.4, 0.5) is 10.6 Å². The van der Waals surface area contributed by atoms with Crippen molar-refractivity contribution in [3.8, 4) is 0 Å². The minimum Gasteiger partial charge on any atom is -0.278 e. The van der Waals surface area contributed by atoms with E-state index in [0.717, 1.165) is 15.2 Å². The molecule has 1 aliphatic heterocycles. The molecule has 0 aliphatic carbocycles. The number of hydrogen-bond acceptors (Lipinski definition) is 3. The van der Waals surface area contributed by atoms with Crippen LogP contribution in [0.15, 0.2) is 34.9 Å². The summed E-state index contributed by atoms with van der Waals surface area (Å²) in [6, 6.07) is 7.28. The lowest BCUT2D eigenvalue weighted by Crippen LogP contribution is -2.50. The average molecular weight is 320 g/mol. The summed E-state index contributed by atoms with van der Waals surface area (Å²) in [6.45, 7) is 0.350. The Hall–Kier alpha value is -1.95. The molecule has 3 rings (SSSR count). The summed E-state index contributed by atoms with van der Waals surface area (Å²) in [5.41, 5.74) is 0. The number of halogens is 1. The third kappa shape index (κ3) is 2.19. The van der Waals surface area contributed by atoms with Crippen molar-refractivity contribution in [2.45, 2.75) is 6.42 Å². The standard InChI is InChI=1S/C13H10BrN3O2/c14-9-2-1-8-3-5-15-12(10(8)7-9)17-6-4-11(18)16-13(17)19/h1-3,5,7H,4,6H2,(H,16,18,19). The number of imide groups is 1. The van der Waals surface area contributed by atoms with Crippen molar-refractivity contribution in [1.29, 1.82) is 0 Å². The molecule has 6 heteroatoms. The zero-order valence-electron chi connectivity index (χ0n) is 9.89. The molecule has 5 nitrogen and oxygen atoms in total. The first-order valence-electron chi connectivity index (χ1n) is 5.81. The highest BCUT2D eigenvalue weighted by Crippen LogP contribution is 2.28. The summed E-state index contributed by atoms with van der Waals surface area (Å²) in [5, 5.41) is 4.18. The van der Waals surface area contributed by atoms with Crippen LogP contribution in [0.1, 0.15) is 6.42 Å². The van der Waals surface area contributed by atoms with Crippen LogP contribution in [0, 0.1) is 0 Å². The monoisotopic (exact) mass is 319 g/mol. The first-order valence-corrected chi connectivity index (χ1v) is 6.60. The molecule has 96 valence electrons. The largest absolute Gasteiger partial charge is 0.329 e. The van der Waals surface area contributed by atoms with E-state index in [0.29, 0.717) is 12.4 Å². The quantitative estimate of drug-likeness (QED) is 0.878. The van der Waals surface area contributed by atoms with Gasteiger partial charge in [0.15, 0.2) is 0 Å². The number of amides is 3. The van der Waals surface area contributed by atoms with E-state index < -0.39 is 6.03 Å². The van der Waals surface area contributed by atoms with Gasteiger partial charge in [0.2, 0.25) is 5.91 Å². The Morgan fingerprint density at radius 1 is 1.26 bits per heavy atom. The van der Waals surface area contributed by atoms with Crippen molar-refractivity contribution in [2.75, 3.05) is 11.4 Å². The average Bonchev–Trinajstić information content (AvgIpc) is 2.38. The molecular formula is C13H10BrN3O2. The molecule has 1 fully saturated rings. The minimum absolute atomic E-state index is 0.248. The number of urea groups is 1. The summed E-state index contributed by atoms with van der Waals surface area (Å²) in [6.07, 6.45) is 1.95. The summed E-state index contributed by atoms with van der Waals surface area (Å²) < 4.78 is 0.919. The van der Waals surface area contributed by atoms with Gasteiger partial charge in [-0.05, 0) is 23.6 Å². The molecule has 2 aromatic rings. The molecule has 1 N–H and O–H groups in total. The van der Waals surface area contributed by atoms with Crippen LogP contribution in [-0.4, -0.2) is 23.5 Å². The molecule has 1 aromatic heterocycles. The van der Waals surface area contributed by atoms with E-state index in [1.165, 1.54) is 4.90 Å². The van der Waals surface area contributed by atoms with E-state index in [4.69, 9.17) is 0 Å². The minimum atomic E-state index is -0.420. The van der Waals surface area contributed by atoms with Crippen molar-refractivity contribution in [3.63, 3.8) is 0 Å². The van der Waals surface area contributed by atoms with Crippen LogP contribution in [0.25, 0.3) is 10.8 Å². The number of nitrogens with one attached hydrogen (secondary N) is 1. The maximum atomic E-state index is 11.9. The molecule has 0 bridgehead atoms. The molecule has 0 radical (unpaired) electrons. The van der Waals surface area contributed by atoms with Gasteiger partial charge < -0.3 is 0 Å². The van der Waals surface area contributed by atoms with Crippen molar-refractivity contribution in [1.82, 2.24) is 10.3 Å². The lowest BCUT2D eigenvalue weighted by molar-refractivity contribution is -0.120. The predicted molar refractivity (Wildman–Crippen MR) is 74.9 cm³/mol. The topological polar surface area (TPSA) is 62.3 Å². The van der Waals surface area contributed by atoms with E-state index in [-0.39, 0.29) is 12.3 Å². The van der Waals surface area contributed by atoms with Gasteiger partial charge in [0.1, 0.15) is 5.82 Å². The first-order chi connectivity index (χ1) is 9.15. The van der Waals surface area contributed by atoms with Gasteiger partial charge in [-0.2, -0.15) is 0 Å². The number of carbonyl (C=O) groups excluding carboxylic acids is 2. The third-order valence-corrected chi connectivity index (χ3v) is 3.51. The van der Waals surface area contributed by atoms with E-state index in [1.54, 1.807) is 6.20 Å². The second-order valence-corrected chi connectivity index (χ2v) is 5.17. The molecule has 3 amide bonds. The van der Waals surface area contributed by atoms with Crippen molar-refractivity contribution in [2.24, 2.45) is 0 Å². The summed E-state index contributed by atoms with van der Waals surface area (Å²) in [5.74, 6) is 0.325. The van der Waals surface area contributed by atoms with Crippen molar-refractivity contribution >= 4 is 44.5 Å². The van der Waals surface area contributed by atoms with Gasteiger partial charge in [0, 0.05) is 29.0 Å². The number of hydrogen-bond donors (Lipinski definition) is 1. The molecular weight excluding hydrogens is 310 g/mol. The fraction of sp³-hybridized carbons (Fsp3) is 0.154. The number of rotatable bonds is 1. The Kier molecular flexibility index (Phi) is 2.94. The molecule has 1 aliphatic rings. The molecule has 1 saturated heterocycles. The fourth-order valence-electron chi connectivity index (χ4n) is 2.11. The molecule has 0 saturated carbocycles. The van der Waals surface area contributed by atoms with Gasteiger partial charge >= 0.3 is 6.03 Å². The van der Waals surface area contributed by atoms with Gasteiger partial charge in [-0.1, -0.05) is 22.0 Å². The zero-order chi connectivity index (χ0) is 13.4. The number of nitrogens with zero attached hydrogens (tertiary/aromatic N) is 2. The van der Waals surface area contributed by atoms with Gasteiger partial charge in [-0.15, -0.1) is 0 Å². The SMILES string of the molecule is O=C1CCN(c2nccc3ccc(Br)cc23)C(=O)N1. The molecule has 0 atom stereocenters. The second-order valence-electron chi connectivity index (χ2n) is 4.25. The Morgan fingerprint density at radius 3 is 2.89 bits per heavy atom. The van der Waals surface area contributed by atoms with Gasteiger partial charge in [-0.25, -0.2) is 9.78 Å². The third-order valence-electron chi connectivity index (χ3n) is 3.02. The predicted octanol–water partition coefficient (Wildman–Crippen LogP) is 2.44. The normalized spacial score (nSPS) is 15.7. The Morgan fingerprint density at radius 2 is 2.11 bits per heavy atom. The first kappa shape index (κ1) is 12.1. The maximum Gasteiger partial charge on any atom is 0.329 e. The van der Waals surface area contributed by atoms with Crippen LogP contribution in [0.5, 0.6) is 0 Å². The van der Waals surface area contributed by atoms with Crippen LogP contribution >= 0.6 is 15.9 Å². The van der Waals surface area contributed by atoms with E-state index in [9.17, 15) is 9.59 Å². The summed E-state index contributed by atoms with van der Waals surface area (Å²) in [7, 11) is 0. The van der Waals surface area contributed by atoms with Crippen molar-refractivity contribution in [3.05, 3.63) is 34.9 Å². The number of anilines is 1. The van der Waals surface area contributed by atoms with Crippen LogP contribution in [-0.2, 0) is 4.79 Å². The van der Waals surface area contributed by atoms with Crippen LogP contribution in [0.3, 0.4) is 0 Å². The number of carbonyl (C=O) groups is 2. The lowest BCUT2D eigenvalue weighted by atomic mass is 10.1.